The standard InChI is InChI=1S/C12H15ClINOS/c1-17-9-4-5-11(13)10(8-9)12(16)15-7-3-2-6-14/h4-5,8H,2-3,6-7H2,1H3,(H,15,16). The van der Waals surface area contributed by atoms with Crippen LogP contribution in [-0.4, -0.2) is 23.1 Å². The summed E-state index contributed by atoms with van der Waals surface area (Å²) in [6.07, 6.45) is 4.11. The van der Waals surface area contributed by atoms with Gasteiger partial charge in [0.1, 0.15) is 0 Å². The molecule has 0 heterocycles. The van der Waals surface area contributed by atoms with Crippen LogP contribution in [0.5, 0.6) is 0 Å². The van der Waals surface area contributed by atoms with Crippen LogP contribution < -0.4 is 5.32 Å². The molecule has 0 fully saturated rings. The van der Waals surface area contributed by atoms with Crippen LogP contribution >= 0.6 is 46.0 Å². The predicted octanol–water partition coefficient (Wildman–Crippen LogP) is 4.01. The number of alkyl halides is 1. The first-order valence-electron chi connectivity index (χ1n) is 5.36. The Bertz CT molecular complexity index is 387. The zero-order chi connectivity index (χ0) is 12.7. The van der Waals surface area contributed by atoms with Gasteiger partial charge in [-0.25, -0.2) is 0 Å². The SMILES string of the molecule is CSc1ccc(Cl)c(C(=O)NCCCCI)c1. The molecule has 0 unspecified atom stereocenters. The zero-order valence-corrected chi connectivity index (χ0v) is 13.4. The number of hydrogen-bond donors (Lipinski definition) is 1. The molecule has 0 aliphatic rings. The van der Waals surface area contributed by atoms with Crippen LogP contribution in [0.15, 0.2) is 23.1 Å². The summed E-state index contributed by atoms with van der Waals surface area (Å²) in [6.45, 7) is 0.710. The molecular weight excluding hydrogens is 369 g/mol. The third-order valence-electron chi connectivity index (χ3n) is 2.26. The van der Waals surface area contributed by atoms with Gasteiger partial charge in [-0.3, -0.25) is 4.79 Å². The summed E-state index contributed by atoms with van der Waals surface area (Å²) < 4.78 is 1.12. The second-order valence-electron chi connectivity index (χ2n) is 3.50. The number of rotatable bonds is 6. The second-order valence-corrected chi connectivity index (χ2v) is 5.86. The van der Waals surface area contributed by atoms with Gasteiger partial charge in [-0.05, 0) is 41.7 Å². The number of carbonyl (C=O) groups is 1. The Balaban J connectivity index is 2.61. The van der Waals surface area contributed by atoms with Crippen molar-refractivity contribution in [1.29, 1.82) is 0 Å². The summed E-state index contributed by atoms with van der Waals surface area (Å²) in [5, 5.41) is 3.40. The highest BCUT2D eigenvalue weighted by Gasteiger charge is 2.10. The Morgan fingerprint density at radius 2 is 2.24 bits per heavy atom. The van der Waals surface area contributed by atoms with Crippen molar-refractivity contribution in [2.24, 2.45) is 0 Å². The molecule has 1 N–H and O–H groups in total. The van der Waals surface area contributed by atoms with Gasteiger partial charge in [0.15, 0.2) is 0 Å². The summed E-state index contributed by atoms with van der Waals surface area (Å²) >= 11 is 9.95. The van der Waals surface area contributed by atoms with E-state index >= 15 is 0 Å². The van der Waals surface area contributed by atoms with E-state index in [1.807, 2.05) is 18.4 Å². The minimum atomic E-state index is -0.0839. The highest BCUT2D eigenvalue weighted by atomic mass is 127. The van der Waals surface area contributed by atoms with E-state index in [-0.39, 0.29) is 5.91 Å². The van der Waals surface area contributed by atoms with Gasteiger partial charge in [0.2, 0.25) is 0 Å². The first kappa shape index (κ1) is 15.1. The number of halogens is 2. The fraction of sp³-hybridized carbons (Fsp3) is 0.417. The lowest BCUT2D eigenvalue weighted by atomic mass is 10.2. The smallest absolute Gasteiger partial charge is 0.252 e. The molecule has 0 aliphatic carbocycles. The first-order chi connectivity index (χ1) is 8.19. The van der Waals surface area contributed by atoms with Gasteiger partial charge in [-0.1, -0.05) is 34.2 Å². The quantitative estimate of drug-likeness (QED) is 0.348. The zero-order valence-electron chi connectivity index (χ0n) is 9.63. The molecule has 5 heteroatoms. The molecule has 0 spiro atoms. The molecule has 94 valence electrons. The van der Waals surface area contributed by atoms with E-state index in [9.17, 15) is 4.79 Å². The van der Waals surface area contributed by atoms with Crippen molar-refractivity contribution >= 4 is 51.9 Å². The monoisotopic (exact) mass is 383 g/mol. The van der Waals surface area contributed by atoms with Gasteiger partial charge < -0.3 is 5.32 Å². The predicted molar refractivity (Wildman–Crippen MR) is 83.7 cm³/mol. The van der Waals surface area contributed by atoms with Gasteiger partial charge in [0.05, 0.1) is 10.6 Å². The van der Waals surface area contributed by atoms with Crippen molar-refractivity contribution in [3.63, 3.8) is 0 Å². The van der Waals surface area contributed by atoms with Crippen molar-refractivity contribution in [2.75, 3.05) is 17.2 Å². The van der Waals surface area contributed by atoms with E-state index in [0.717, 1.165) is 22.2 Å². The maximum atomic E-state index is 11.9. The number of unbranched alkanes of at least 4 members (excludes halogenated alkanes) is 1. The Hall–Kier alpha value is 0.0600. The van der Waals surface area contributed by atoms with Crippen LogP contribution in [0, 0.1) is 0 Å². The average Bonchev–Trinajstić information content (AvgIpc) is 2.35. The van der Waals surface area contributed by atoms with Crippen LogP contribution in [0.3, 0.4) is 0 Å². The van der Waals surface area contributed by atoms with E-state index in [0.29, 0.717) is 17.1 Å². The third kappa shape index (κ3) is 5.06. The maximum absolute atomic E-state index is 11.9. The molecule has 0 saturated carbocycles. The molecule has 0 aliphatic heterocycles. The molecule has 0 aromatic heterocycles. The fourth-order valence-electron chi connectivity index (χ4n) is 1.32. The van der Waals surface area contributed by atoms with Crippen molar-refractivity contribution < 1.29 is 4.79 Å². The van der Waals surface area contributed by atoms with Gasteiger partial charge in [-0.15, -0.1) is 11.8 Å². The maximum Gasteiger partial charge on any atom is 0.252 e. The van der Waals surface area contributed by atoms with Gasteiger partial charge in [0.25, 0.3) is 5.91 Å². The Morgan fingerprint density at radius 1 is 1.47 bits per heavy atom. The molecule has 2 nitrogen and oxygen atoms in total. The number of nitrogens with one attached hydrogen (secondary N) is 1. The fourth-order valence-corrected chi connectivity index (χ4v) is 2.50. The molecule has 1 rings (SSSR count). The molecule has 0 atom stereocenters. The Morgan fingerprint density at radius 3 is 2.88 bits per heavy atom. The van der Waals surface area contributed by atoms with E-state index in [4.69, 9.17) is 11.6 Å². The minimum Gasteiger partial charge on any atom is -0.352 e. The van der Waals surface area contributed by atoms with Gasteiger partial charge in [-0.2, -0.15) is 0 Å². The molecule has 1 aromatic rings. The Labute approximate surface area is 125 Å². The largest absolute Gasteiger partial charge is 0.352 e. The third-order valence-corrected chi connectivity index (χ3v) is 4.08. The van der Waals surface area contributed by atoms with Crippen LogP contribution in [0.1, 0.15) is 23.2 Å². The number of carbonyl (C=O) groups excluding carboxylic acids is 1. The molecule has 1 aromatic carbocycles. The minimum absolute atomic E-state index is 0.0839. The van der Waals surface area contributed by atoms with Crippen LogP contribution in [0.2, 0.25) is 5.02 Å². The lowest BCUT2D eigenvalue weighted by Gasteiger charge is -2.07. The molecule has 1 amide bonds. The first-order valence-corrected chi connectivity index (χ1v) is 8.49. The van der Waals surface area contributed by atoms with Gasteiger partial charge in [0, 0.05) is 11.4 Å². The Kier molecular flexibility index (Phi) is 7.30. The van der Waals surface area contributed by atoms with E-state index in [1.165, 1.54) is 0 Å². The number of hydrogen-bond acceptors (Lipinski definition) is 2. The van der Waals surface area contributed by atoms with Crippen molar-refractivity contribution in [3.8, 4) is 0 Å². The topological polar surface area (TPSA) is 29.1 Å². The summed E-state index contributed by atoms with van der Waals surface area (Å²) in [7, 11) is 0. The molecular formula is C12H15ClINOS. The van der Waals surface area contributed by atoms with Crippen LogP contribution in [0.4, 0.5) is 0 Å². The summed E-state index contributed by atoms with van der Waals surface area (Å²) in [4.78, 5) is 12.9. The average molecular weight is 384 g/mol. The highest BCUT2D eigenvalue weighted by Crippen LogP contribution is 2.22. The second kappa shape index (κ2) is 8.21. The van der Waals surface area contributed by atoms with E-state index in [2.05, 4.69) is 27.9 Å². The lowest BCUT2D eigenvalue weighted by Crippen LogP contribution is -2.24. The number of benzene rings is 1. The summed E-state index contributed by atoms with van der Waals surface area (Å²) in [5.74, 6) is -0.0839. The number of thioether (sulfide) groups is 1. The molecule has 0 radical (unpaired) electrons. The molecule has 17 heavy (non-hydrogen) atoms. The molecule has 0 bridgehead atoms. The van der Waals surface area contributed by atoms with E-state index in [1.54, 1.807) is 17.8 Å². The summed E-state index contributed by atoms with van der Waals surface area (Å²) in [5.41, 5.74) is 0.563. The van der Waals surface area contributed by atoms with Crippen LogP contribution in [0.25, 0.3) is 0 Å². The lowest BCUT2D eigenvalue weighted by molar-refractivity contribution is 0.0953. The number of amides is 1. The van der Waals surface area contributed by atoms with Crippen LogP contribution in [-0.2, 0) is 0 Å². The normalized spacial score (nSPS) is 10.3. The summed E-state index contributed by atoms with van der Waals surface area (Å²) in [6, 6.07) is 5.52. The van der Waals surface area contributed by atoms with Crippen molar-refractivity contribution in [1.82, 2.24) is 5.32 Å². The van der Waals surface area contributed by atoms with Crippen molar-refractivity contribution in [3.05, 3.63) is 28.8 Å². The molecule has 0 saturated heterocycles. The van der Waals surface area contributed by atoms with E-state index < -0.39 is 0 Å². The van der Waals surface area contributed by atoms with Gasteiger partial charge >= 0.3 is 0 Å². The highest BCUT2D eigenvalue weighted by molar-refractivity contribution is 14.1. The van der Waals surface area contributed by atoms with Crippen molar-refractivity contribution in [2.45, 2.75) is 17.7 Å².